The van der Waals surface area contributed by atoms with E-state index < -0.39 is 0 Å². The van der Waals surface area contributed by atoms with Gasteiger partial charge in [0.1, 0.15) is 0 Å². The lowest BCUT2D eigenvalue weighted by Crippen LogP contribution is -1.90. The van der Waals surface area contributed by atoms with Crippen LogP contribution in [0.5, 0.6) is 0 Å². The summed E-state index contributed by atoms with van der Waals surface area (Å²) in [7, 11) is 0. The molecule has 0 unspecified atom stereocenters. The molecule has 4 aromatic rings. The van der Waals surface area contributed by atoms with Gasteiger partial charge in [-0.2, -0.15) is 5.10 Å². The summed E-state index contributed by atoms with van der Waals surface area (Å²) in [6, 6.07) is 14.0. The lowest BCUT2D eigenvalue weighted by atomic mass is 10.1. The van der Waals surface area contributed by atoms with Crippen molar-refractivity contribution < 1.29 is 0 Å². The molecule has 1 N–H and O–H groups in total. The summed E-state index contributed by atoms with van der Waals surface area (Å²) >= 11 is 0. The van der Waals surface area contributed by atoms with Crippen LogP contribution < -0.4 is 0 Å². The van der Waals surface area contributed by atoms with Gasteiger partial charge in [-0.3, -0.25) is 5.10 Å². The first kappa shape index (κ1) is 10.2. The van der Waals surface area contributed by atoms with Gasteiger partial charge in [-0.1, -0.05) is 30.3 Å². The van der Waals surface area contributed by atoms with E-state index in [0.717, 1.165) is 33.2 Å². The molecule has 90 valence electrons. The number of aromatic amines is 1. The van der Waals surface area contributed by atoms with Gasteiger partial charge in [-0.15, -0.1) is 0 Å². The van der Waals surface area contributed by atoms with Crippen molar-refractivity contribution in [3.05, 3.63) is 54.9 Å². The van der Waals surface area contributed by atoms with E-state index in [1.807, 2.05) is 54.9 Å². The zero-order valence-electron chi connectivity index (χ0n) is 10.0. The minimum atomic E-state index is 0.728. The Bertz CT molecular complexity index is 879. The molecule has 0 amide bonds. The highest BCUT2D eigenvalue weighted by molar-refractivity contribution is 5.93. The number of rotatable bonds is 1. The highest BCUT2D eigenvalue weighted by atomic mass is 15.1. The maximum absolute atomic E-state index is 4.62. The fraction of sp³-hybridized carbons (Fsp3) is 0. The van der Waals surface area contributed by atoms with E-state index in [2.05, 4.69) is 20.2 Å². The summed E-state index contributed by atoms with van der Waals surface area (Å²) in [6.45, 7) is 0. The van der Waals surface area contributed by atoms with Crippen LogP contribution in [0, 0.1) is 0 Å². The quantitative estimate of drug-likeness (QED) is 0.561. The Balaban J connectivity index is 2.01. The number of para-hydroxylation sites is 1. The highest BCUT2D eigenvalue weighted by Gasteiger charge is 2.08. The van der Waals surface area contributed by atoms with Crippen molar-refractivity contribution in [1.29, 1.82) is 0 Å². The van der Waals surface area contributed by atoms with Gasteiger partial charge in [0.15, 0.2) is 5.82 Å². The van der Waals surface area contributed by atoms with E-state index in [9.17, 15) is 0 Å². The number of H-pyrrole nitrogens is 1. The Hall–Kier alpha value is -2.75. The zero-order chi connectivity index (χ0) is 12.7. The molecule has 0 atom stereocenters. The molecular weight excluding hydrogens is 236 g/mol. The van der Waals surface area contributed by atoms with Crippen molar-refractivity contribution in [2.24, 2.45) is 0 Å². The van der Waals surface area contributed by atoms with Crippen LogP contribution >= 0.6 is 0 Å². The third-order valence-electron chi connectivity index (χ3n) is 3.21. The Labute approximate surface area is 109 Å². The van der Waals surface area contributed by atoms with Crippen molar-refractivity contribution in [2.75, 3.05) is 0 Å². The van der Waals surface area contributed by atoms with Crippen molar-refractivity contribution >= 4 is 21.8 Å². The van der Waals surface area contributed by atoms with Crippen LogP contribution in [-0.4, -0.2) is 20.2 Å². The number of aromatic nitrogens is 4. The molecular formula is C15H10N4. The standard InChI is InChI=1S/C15H10N4/c1-2-6-13-10(4-1)8-16-15(18-13)11-5-3-7-14-12(11)9-17-19-14/h1-9H,(H,17,19). The molecule has 0 fully saturated rings. The van der Waals surface area contributed by atoms with E-state index in [4.69, 9.17) is 0 Å². The van der Waals surface area contributed by atoms with Gasteiger partial charge < -0.3 is 0 Å². The van der Waals surface area contributed by atoms with Crippen LogP contribution in [0.3, 0.4) is 0 Å². The van der Waals surface area contributed by atoms with Gasteiger partial charge in [-0.05, 0) is 12.1 Å². The van der Waals surface area contributed by atoms with Crippen molar-refractivity contribution in [3.63, 3.8) is 0 Å². The molecule has 2 heterocycles. The van der Waals surface area contributed by atoms with E-state index in [0.29, 0.717) is 0 Å². The van der Waals surface area contributed by atoms with E-state index in [1.165, 1.54) is 0 Å². The molecule has 0 aliphatic rings. The Morgan fingerprint density at radius 3 is 2.84 bits per heavy atom. The first-order valence-electron chi connectivity index (χ1n) is 6.06. The van der Waals surface area contributed by atoms with Gasteiger partial charge in [0.25, 0.3) is 0 Å². The Morgan fingerprint density at radius 1 is 0.895 bits per heavy atom. The summed E-state index contributed by atoms with van der Waals surface area (Å²) in [5, 5.41) is 9.12. The largest absolute Gasteiger partial charge is 0.278 e. The molecule has 2 aromatic heterocycles. The van der Waals surface area contributed by atoms with Crippen molar-refractivity contribution in [1.82, 2.24) is 20.2 Å². The summed E-state index contributed by atoms with van der Waals surface area (Å²) in [6.07, 6.45) is 3.67. The topological polar surface area (TPSA) is 54.5 Å². The lowest BCUT2D eigenvalue weighted by molar-refractivity contribution is 1.12. The number of nitrogens with zero attached hydrogens (tertiary/aromatic N) is 3. The van der Waals surface area contributed by atoms with Gasteiger partial charge in [0, 0.05) is 22.5 Å². The third kappa shape index (κ3) is 1.57. The average molecular weight is 246 g/mol. The van der Waals surface area contributed by atoms with Crippen LogP contribution in [0.25, 0.3) is 33.2 Å². The normalized spacial score (nSPS) is 11.2. The second-order valence-electron chi connectivity index (χ2n) is 4.39. The number of hydrogen-bond donors (Lipinski definition) is 1. The number of nitrogens with one attached hydrogen (secondary N) is 1. The second kappa shape index (κ2) is 3.88. The molecule has 0 aliphatic carbocycles. The molecule has 4 rings (SSSR count). The molecule has 4 nitrogen and oxygen atoms in total. The fourth-order valence-electron chi connectivity index (χ4n) is 2.27. The van der Waals surface area contributed by atoms with E-state index in [1.54, 1.807) is 0 Å². The number of hydrogen-bond acceptors (Lipinski definition) is 3. The van der Waals surface area contributed by atoms with Crippen LogP contribution in [0.1, 0.15) is 0 Å². The maximum atomic E-state index is 4.62. The monoisotopic (exact) mass is 246 g/mol. The van der Waals surface area contributed by atoms with E-state index in [-0.39, 0.29) is 0 Å². The fourth-order valence-corrected chi connectivity index (χ4v) is 2.27. The van der Waals surface area contributed by atoms with Gasteiger partial charge >= 0.3 is 0 Å². The molecule has 19 heavy (non-hydrogen) atoms. The predicted octanol–water partition coefficient (Wildman–Crippen LogP) is 3.17. The van der Waals surface area contributed by atoms with Gasteiger partial charge in [0.2, 0.25) is 0 Å². The number of benzene rings is 2. The van der Waals surface area contributed by atoms with Crippen LogP contribution in [0.2, 0.25) is 0 Å². The predicted molar refractivity (Wildman–Crippen MR) is 74.6 cm³/mol. The Morgan fingerprint density at radius 2 is 1.84 bits per heavy atom. The van der Waals surface area contributed by atoms with Gasteiger partial charge in [0.05, 0.1) is 17.2 Å². The summed E-state index contributed by atoms with van der Waals surface area (Å²) in [5.74, 6) is 0.728. The van der Waals surface area contributed by atoms with Crippen LogP contribution in [0.4, 0.5) is 0 Å². The SMILES string of the molecule is c1ccc2nc(-c3cccc4[nH]ncc34)ncc2c1. The minimum Gasteiger partial charge on any atom is -0.278 e. The minimum absolute atomic E-state index is 0.728. The molecule has 0 bridgehead atoms. The molecule has 2 aromatic carbocycles. The first-order valence-corrected chi connectivity index (χ1v) is 6.06. The number of fused-ring (bicyclic) bond motifs is 2. The van der Waals surface area contributed by atoms with Gasteiger partial charge in [-0.25, -0.2) is 9.97 Å². The maximum Gasteiger partial charge on any atom is 0.160 e. The van der Waals surface area contributed by atoms with Crippen molar-refractivity contribution in [2.45, 2.75) is 0 Å². The molecule has 0 saturated carbocycles. The molecule has 0 aliphatic heterocycles. The zero-order valence-corrected chi connectivity index (χ0v) is 10.0. The Kier molecular flexibility index (Phi) is 2.08. The van der Waals surface area contributed by atoms with E-state index >= 15 is 0 Å². The lowest BCUT2D eigenvalue weighted by Gasteiger charge is -2.03. The van der Waals surface area contributed by atoms with Crippen molar-refractivity contribution in [3.8, 4) is 11.4 Å². The molecule has 0 radical (unpaired) electrons. The summed E-state index contributed by atoms with van der Waals surface area (Å²) < 4.78 is 0. The summed E-state index contributed by atoms with van der Waals surface area (Å²) in [5.41, 5.74) is 2.94. The van der Waals surface area contributed by atoms with Crippen LogP contribution in [-0.2, 0) is 0 Å². The van der Waals surface area contributed by atoms with Crippen LogP contribution in [0.15, 0.2) is 54.9 Å². The molecule has 0 spiro atoms. The first-order chi connectivity index (χ1) is 9.42. The average Bonchev–Trinajstić information content (AvgIpc) is 2.95. The second-order valence-corrected chi connectivity index (χ2v) is 4.39. The third-order valence-corrected chi connectivity index (χ3v) is 3.21. The highest BCUT2D eigenvalue weighted by Crippen LogP contribution is 2.25. The summed E-state index contributed by atoms with van der Waals surface area (Å²) in [4.78, 5) is 9.08. The smallest absolute Gasteiger partial charge is 0.160 e. The molecule has 0 saturated heterocycles. The molecule has 4 heteroatoms.